The Morgan fingerprint density at radius 1 is 1.05 bits per heavy atom. The minimum absolute atomic E-state index is 0.0914. The quantitative estimate of drug-likeness (QED) is 0.773. The Hall–Kier alpha value is -0.870. The highest BCUT2D eigenvalue weighted by molar-refractivity contribution is 7.88. The molecule has 0 atom stereocenters. The van der Waals surface area contributed by atoms with Crippen molar-refractivity contribution in [1.29, 1.82) is 0 Å². The van der Waals surface area contributed by atoms with E-state index in [1.54, 1.807) is 4.31 Å². The zero-order valence-electron chi connectivity index (χ0n) is 13.3. The summed E-state index contributed by atoms with van der Waals surface area (Å²) in [6.07, 6.45) is 0. The minimum atomic E-state index is -3.25. The summed E-state index contributed by atoms with van der Waals surface area (Å²) >= 11 is 0. The predicted octanol–water partition coefficient (Wildman–Crippen LogP) is 3.44. The van der Waals surface area contributed by atoms with Crippen LogP contribution in [0.5, 0.6) is 0 Å². The first kappa shape index (κ1) is 17.2. The number of aryl methyl sites for hydroxylation is 1. The molecule has 0 saturated heterocycles. The molecule has 1 aromatic carbocycles. The van der Waals surface area contributed by atoms with E-state index in [-0.39, 0.29) is 5.75 Å². The number of nitrogens with zero attached hydrogens (tertiary/aromatic N) is 1. The highest BCUT2D eigenvalue weighted by Gasteiger charge is 2.24. The van der Waals surface area contributed by atoms with Crippen molar-refractivity contribution in [3.8, 4) is 0 Å². The standard InChI is InChI=1S/C16H27NO2S/c1-13(2)10-17(11-14(3)4)20(18,19)12-16-8-6-7-15(5)9-16/h6-9,13-14H,10-12H2,1-5H3. The number of rotatable bonds is 7. The zero-order chi connectivity index (χ0) is 15.3. The first-order valence-corrected chi connectivity index (χ1v) is 8.85. The van der Waals surface area contributed by atoms with Crippen molar-refractivity contribution < 1.29 is 8.42 Å². The Morgan fingerprint density at radius 2 is 1.60 bits per heavy atom. The molecule has 4 heteroatoms. The Morgan fingerprint density at radius 3 is 2.05 bits per heavy atom. The summed E-state index contributed by atoms with van der Waals surface area (Å²) in [7, 11) is -3.25. The van der Waals surface area contributed by atoms with E-state index >= 15 is 0 Å². The van der Waals surface area contributed by atoms with E-state index < -0.39 is 10.0 Å². The van der Waals surface area contributed by atoms with E-state index in [4.69, 9.17) is 0 Å². The highest BCUT2D eigenvalue weighted by atomic mass is 32.2. The molecule has 0 amide bonds. The molecular formula is C16H27NO2S. The van der Waals surface area contributed by atoms with Crippen LogP contribution in [0.2, 0.25) is 0 Å². The zero-order valence-corrected chi connectivity index (χ0v) is 14.1. The monoisotopic (exact) mass is 297 g/mol. The number of hydrogen-bond acceptors (Lipinski definition) is 2. The van der Waals surface area contributed by atoms with Crippen LogP contribution in [0.15, 0.2) is 24.3 Å². The molecule has 0 unspecified atom stereocenters. The van der Waals surface area contributed by atoms with Crippen LogP contribution < -0.4 is 0 Å². The lowest BCUT2D eigenvalue weighted by Gasteiger charge is -2.25. The normalized spacial score (nSPS) is 12.6. The van der Waals surface area contributed by atoms with Crippen LogP contribution >= 0.6 is 0 Å². The molecule has 0 N–H and O–H groups in total. The molecule has 0 spiro atoms. The maximum absolute atomic E-state index is 12.6. The third kappa shape index (κ3) is 5.63. The van der Waals surface area contributed by atoms with E-state index in [1.165, 1.54) is 0 Å². The van der Waals surface area contributed by atoms with Gasteiger partial charge in [0.2, 0.25) is 10.0 Å². The molecule has 0 aliphatic rings. The van der Waals surface area contributed by atoms with Crippen LogP contribution in [0.1, 0.15) is 38.8 Å². The summed E-state index contributed by atoms with van der Waals surface area (Å²) in [5, 5.41) is 0. The van der Waals surface area contributed by atoms with E-state index in [0.717, 1.165) is 11.1 Å². The average molecular weight is 297 g/mol. The third-order valence-electron chi connectivity index (χ3n) is 2.96. The van der Waals surface area contributed by atoms with Gasteiger partial charge in [0, 0.05) is 13.1 Å². The topological polar surface area (TPSA) is 37.4 Å². The van der Waals surface area contributed by atoms with Crippen molar-refractivity contribution in [2.24, 2.45) is 11.8 Å². The van der Waals surface area contributed by atoms with E-state index in [2.05, 4.69) is 27.7 Å². The van der Waals surface area contributed by atoms with Crippen molar-refractivity contribution in [2.45, 2.75) is 40.4 Å². The van der Waals surface area contributed by atoms with Gasteiger partial charge in [0.25, 0.3) is 0 Å². The van der Waals surface area contributed by atoms with Crippen molar-refractivity contribution in [3.05, 3.63) is 35.4 Å². The van der Waals surface area contributed by atoms with Crippen molar-refractivity contribution in [3.63, 3.8) is 0 Å². The summed E-state index contributed by atoms with van der Waals surface area (Å²) in [6, 6.07) is 7.72. The first-order chi connectivity index (χ1) is 9.20. The van der Waals surface area contributed by atoms with Crippen LogP contribution in [0.25, 0.3) is 0 Å². The molecule has 0 radical (unpaired) electrons. The second kappa shape index (κ2) is 7.23. The SMILES string of the molecule is Cc1cccc(CS(=O)(=O)N(CC(C)C)CC(C)C)c1. The van der Waals surface area contributed by atoms with Crippen LogP contribution in [0.3, 0.4) is 0 Å². The summed E-state index contributed by atoms with van der Waals surface area (Å²) in [5.74, 6) is 0.760. The number of benzene rings is 1. The molecule has 0 saturated carbocycles. The van der Waals surface area contributed by atoms with Crippen molar-refractivity contribution in [1.82, 2.24) is 4.31 Å². The lowest BCUT2D eigenvalue weighted by atomic mass is 10.2. The fraction of sp³-hybridized carbons (Fsp3) is 0.625. The van der Waals surface area contributed by atoms with Crippen LogP contribution in [0.4, 0.5) is 0 Å². The predicted molar refractivity (Wildman–Crippen MR) is 85.1 cm³/mol. The summed E-state index contributed by atoms with van der Waals surface area (Å²) < 4.78 is 26.9. The fourth-order valence-electron chi connectivity index (χ4n) is 2.22. The molecular weight excluding hydrogens is 270 g/mol. The summed E-state index contributed by atoms with van der Waals surface area (Å²) in [4.78, 5) is 0. The maximum atomic E-state index is 12.6. The average Bonchev–Trinajstić information content (AvgIpc) is 2.26. The lowest BCUT2D eigenvalue weighted by Crippen LogP contribution is -2.37. The molecule has 3 nitrogen and oxygen atoms in total. The van der Waals surface area contributed by atoms with E-state index in [1.807, 2.05) is 31.2 Å². The van der Waals surface area contributed by atoms with Crippen molar-refractivity contribution in [2.75, 3.05) is 13.1 Å². The minimum Gasteiger partial charge on any atom is -0.212 e. The fourth-order valence-corrected chi connectivity index (χ4v) is 4.05. The summed E-state index contributed by atoms with van der Waals surface area (Å²) in [6.45, 7) is 11.4. The third-order valence-corrected chi connectivity index (χ3v) is 4.75. The molecule has 1 rings (SSSR count). The second-order valence-corrected chi connectivity index (χ2v) is 8.32. The molecule has 0 aromatic heterocycles. The Kier molecular flexibility index (Phi) is 6.21. The van der Waals surface area contributed by atoms with Gasteiger partial charge >= 0.3 is 0 Å². The molecule has 0 aliphatic carbocycles. The van der Waals surface area contributed by atoms with Crippen molar-refractivity contribution >= 4 is 10.0 Å². The van der Waals surface area contributed by atoms with Gasteiger partial charge in [0.05, 0.1) is 5.75 Å². The Bertz CT molecular complexity index is 511. The molecule has 0 bridgehead atoms. The van der Waals surface area contributed by atoms with Gasteiger partial charge in [-0.05, 0) is 24.3 Å². The molecule has 0 fully saturated rings. The van der Waals surface area contributed by atoms with E-state index in [9.17, 15) is 8.42 Å². The van der Waals surface area contributed by atoms with Gasteiger partial charge in [0.15, 0.2) is 0 Å². The van der Waals surface area contributed by atoms with Gasteiger partial charge in [-0.15, -0.1) is 0 Å². The highest BCUT2D eigenvalue weighted by Crippen LogP contribution is 2.15. The van der Waals surface area contributed by atoms with Gasteiger partial charge < -0.3 is 0 Å². The van der Waals surface area contributed by atoms with Crippen LogP contribution in [-0.4, -0.2) is 25.8 Å². The smallest absolute Gasteiger partial charge is 0.212 e. The summed E-state index contributed by atoms with van der Waals surface area (Å²) in [5.41, 5.74) is 1.96. The Labute approximate surface area is 124 Å². The largest absolute Gasteiger partial charge is 0.218 e. The van der Waals surface area contributed by atoms with Crippen LogP contribution in [0, 0.1) is 18.8 Å². The molecule has 20 heavy (non-hydrogen) atoms. The van der Waals surface area contributed by atoms with Gasteiger partial charge in [-0.1, -0.05) is 57.5 Å². The van der Waals surface area contributed by atoms with E-state index in [0.29, 0.717) is 24.9 Å². The second-order valence-electron chi connectivity index (χ2n) is 6.35. The van der Waals surface area contributed by atoms with Crippen LogP contribution in [-0.2, 0) is 15.8 Å². The molecule has 114 valence electrons. The number of sulfonamides is 1. The van der Waals surface area contributed by atoms with Gasteiger partial charge in [0.1, 0.15) is 0 Å². The lowest BCUT2D eigenvalue weighted by molar-refractivity contribution is 0.333. The van der Waals surface area contributed by atoms with Gasteiger partial charge in [-0.2, -0.15) is 0 Å². The molecule has 1 aromatic rings. The Balaban J connectivity index is 2.92. The molecule has 0 aliphatic heterocycles. The number of hydrogen-bond donors (Lipinski definition) is 0. The first-order valence-electron chi connectivity index (χ1n) is 7.24. The van der Waals surface area contributed by atoms with Gasteiger partial charge in [-0.25, -0.2) is 12.7 Å². The van der Waals surface area contributed by atoms with Gasteiger partial charge in [-0.3, -0.25) is 0 Å². The molecule has 0 heterocycles. The maximum Gasteiger partial charge on any atom is 0.218 e.